The highest BCUT2D eigenvalue weighted by molar-refractivity contribution is 7.19. The van der Waals surface area contributed by atoms with Crippen molar-refractivity contribution in [3.05, 3.63) is 81.7 Å². The molecule has 0 aliphatic heterocycles. The predicted octanol–water partition coefficient (Wildman–Crippen LogP) is 5.65. The van der Waals surface area contributed by atoms with E-state index in [0.29, 0.717) is 10.2 Å². The molecule has 1 amide bonds. The van der Waals surface area contributed by atoms with Crippen molar-refractivity contribution in [3.63, 3.8) is 0 Å². The van der Waals surface area contributed by atoms with Gasteiger partial charge >= 0.3 is 6.18 Å². The summed E-state index contributed by atoms with van der Waals surface area (Å²) in [7, 11) is 0. The zero-order valence-electron chi connectivity index (χ0n) is 17.1. The topological polar surface area (TPSA) is 64.0 Å². The molecular formula is C23H18F3N3O2S. The van der Waals surface area contributed by atoms with E-state index in [-0.39, 0.29) is 5.69 Å². The van der Waals surface area contributed by atoms with Gasteiger partial charge in [0.25, 0.3) is 5.56 Å². The van der Waals surface area contributed by atoms with Gasteiger partial charge in [-0.3, -0.25) is 14.2 Å². The Morgan fingerprint density at radius 3 is 2.44 bits per heavy atom. The number of benzene rings is 2. The van der Waals surface area contributed by atoms with Crippen LogP contribution in [0.5, 0.6) is 0 Å². The molecular weight excluding hydrogens is 439 g/mol. The number of alkyl halides is 3. The Kier molecular flexibility index (Phi) is 5.60. The fourth-order valence-electron chi connectivity index (χ4n) is 3.55. The molecule has 0 bridgehead atoms. The van der Waals surface area contributed by atoms with Crippen LogP contribution in [0.15, 0.2) is 65.7 Å². The summed E-state index contributed by atoms with van der Waals surface area (Å²) in [6, 6.07) is 13.0. The van der Waals surface area contributed by atoms with Crippen molar-refractivity contribution in [1.82, 2.24) is 9.55 Å². The Morgan fingerprint density at radius 1 is 1.09 bits per heavy atom. The number of rotatable bonds is 4. The number of nitrogens with zero attached hydrogens (tertiary/aromatic N) is 2. The highest BCUT2D eigenvalue weighted by Gasteiger charge is 2.34. The fourth-order valence-corrected chi connectivity index (χ4v) is 4.55. The number of nitrogens with one attached hydrogen (secondary N) is 1. The van der Waals surface area contributed by atoms with E-state index >= 15 is 0 Å². The number of carbonyl (C=O) groups excluding carboxylic acids is 1. The number of thiophene rings is 1. The minimum Gasteiger partial charge on any atom is -0.324 e. The van der Waals surface area contributed by atoms with Crippen LogP contribution >= 0.6 is 11.3 Å². The normalized spacial score (nSPS) is 12.7. The highest BCUT2D eigenvalue weighted by atomic mass is 32.1. The molecule has 2 aromatic heterocycles. The van der Waals surface area contributed by atoms with Crippen LogP contribution in [-0.4, -0.2) is 15.5 Å². The van der Waals surface area contributed by atoms with Crippen molar-refractivity contribution in [3.8, 4) is 11.1 Å². The van der Waals surface area contributed by atoms with E-state index in [1.807, 2.05) is 37.3 Å². The number of carbonyl (C=O) groups is 1. The lowest BCUT2D eigenvalue weighted by molar-refractivity contribution is -0.137. The number of fused-ring (bicyclic) bond motifs is 1. The van der Waals surface area contributed by atoms with Crippen LogP contribution < -0.4 is 10.9 Å². The van der Waals surface area contributed by atoms with Gasteiger partial charge in [0.15, 0.2) is 0 Å². The maximum atomic E-state index is 13.3. The van der Waals surface area contributed by atoms with Crippen molar-refractivity contribution in [1.29, 1.82) is 0 Å². The zero-order chi connectivity index (χ0) is 23.0. The summed E-state index contributed by atoms with van der Waals surface area (Å²) in [6.45, 7) is 3.34. The van der Waals surface area contributed by atoms with Gasteiger partial charge in [-0.25, -0.2) is 4.98 Å². The zero-order valence-corrected chi connectivity index (χ0v) is 17.9. The van der Waals surface area contributed by atoms with Crippen LogP contribution in [0.25, 0.3) is 21.3 Å². The summed E-state index contributed by atoms with van der Waals surface area (Å²) >= 11 is 1.37. The molecule has 0 saturated carbocycles. The number of amides is 1. The molecule has 1 atom stereocenters. The molecule has 1 N–H and O–H groups in total. The first-order chi connectivity index (χ1) is 15.2. The Labute approximate surface area is 185 Å². The van der Waals surface area contributed by atoms with Gasteiger partial charge in [0.05, 0.1) is 23.0 Å². The number of para-hydroxylation sites is 1. The number of hydrogen-bond acceptors (Lipinski definition) is 4. The highest BCUT2D eigenvalue weighted by Crippen LogP contribution is 2.36. The van der Waals surface area contributed by atoms with E-state index in [4.69, 9.17) is 0 Å². The quantitative estimate of drug-likeness (QED) is 0.431. The van der Waals surface area contributed by atoms with Gasteiger partial charge in [-0.2, -0.15) is 13.2 Å². The van der Waals surface area contributed by atoms with Crippen LogP contribution in [-0.2, 0) is 11.0 Å². The number of aryl methyl sites for hydroxylation is 1. The summed E-state index contributed by atoms with van der Waals surface area (Å²) in [5.41, 5.74) is -0.155. The van der Waals surface area contributed by atoms with Gasteiger partial charge in [0, 0.05) is 10.4 Å². The lowest BCUT2D eigenvalue weighted by Crippen LogP contribution is -2.32. The second-order valence-electron chi connectivity index (χ2n) is 7.24. The van der Waals surface area contributed by atoms with Crippen molar-refractivity contribution in [2.45, 2.75) is 26.1 Å². The molecule has 2 heterocycles. The van der Waals surface area contributed by atoms with Crippen molar-refractivity contribution in [2.75, 3.05) is 5.32 Å². The Bertz CT molecular complexity index is 1360. The fraction of sp³-hybridized carbons (Fsp3) is 0.174. The largest absolute Gasteiger partial charge is 0.418 e. The molecule has 32 heavy (non-hydrogen) atoms. The van der Waals surface area contributed by atoms with Crippen molar-refractivity contribution >= 4 is 33.1 Å². The van der Waals surface area contributed by atoms with E-state index in [9.17, 15) is 22.8 Å². The third kappa shape index (κ3) is 3.91. The second-order valence-corrected chi connectivity index (χ2v) is 8.45. The summed E-state index contributed by atoms with van der Waals surface area (Å²) in [5.74, 6) is -0.752. The second kappa shape index (κ2) is 8.23. The van der Waals surface area contributed by atoms with Gasteiger partial charge in [-0.15, -0.1) is 11.3 Å². The molecule has 0 spiro atoms. The molecule has 5 nitrogen and oxygen atoms in total. The Balaban J connectivity index is 1.74. The van der Waals surface area contributed by atoms with E-state index in [0.717, 1.165) is 26.6 Å². The Morgan fingerprint density at radius 2 is 1.75 bits per heavy atom. The molecule has 164 valence electrons. The molecule has 0 aliphatic carbocycles. The summed E-state index contributed by atoms with van der Waals surface area (Å²) < 4.78 is 40.9. The molecule has 9 heteroatoms. The van der Waals surface area contributed by atoms with Gasteiger partial charge in [-0.05, 0) is 31.5 Å². The maximum Gasteiger partial charge on any atom is 0.418 e. The summed E-state index contributed by atoms with van der Waals surface area (Å²) in [5, 5.41) is 2.68. The molecule has 2 aromatic carbocycles. The first kappa shape index (κ1) is 21.8. The van der Waals surface area contributed by atoms with E-state index in [1.54, 1.807) is 0 Å². The molecule has 0 radical (unpaired) electrons. The number of halogens is 3. The number of anilines is 1. The minimum atomic E-state index is -4.62. The number of aromatic nitrogens is 2. The van der Waals surface area contributed by atoms with Crippen LogP contribution in [0.2, 0.25) is 0 Å². The maximum absolute atomic E-state index is 13.3. The van der Waals surface area contributed by atoms with E-state index in [1.165, 1.54) is 42.8 Å². The van der Waals surface area contributed by atoms with E-state index in [2.05, 4.69) is 10.3 Å². The first-order valence-electron chi connectivity index (χ1n) is 9.71. The molecule has 1 unspecified atom stereocenters. The van der Waals surface area contributed by atoms with Crippen LogP contribution in [0, 0.1) is 6.92 Å². The molecule has 4 aromatic rings. The van der Waals surface area contributed by atoms with Crippen LogP contribution in [0.1, 0.15) is 23.4 Å². The Hall–Kier alpha value is -3.46. The number of hydrogen-bond donors (Lipinski definition) is 1. The van der Waals surface area contributed by atoms with Crippen LogP contribution in [0.4, 0.5) is 18.9 Å². The van der Waals surface area contributed by atoms with Gasteiger partial charge < -0.3 is 5.32 Å². The monoisotopic (exact) mass is 457 g/mol. The molecule has 4 rings (SSSR count). The van der Waals surface area contributed by atoms with Crippen molar-refractivity contribution < 1.29 is 18.0 Å². The first-order valence-corrected chi connectivity index (χ1v) is 10.5. The molecule has 0 saturated heterocycles. The smallest absolute Gasteiger partial charge is 0.324 e. The molecule has 0 aliphatic rings. The summed E-state index contributed by atoms with van der Waals surface area (Å²) in [4.78, 5) is 31.9. The van der Waals surface area contributed by atoms with Gasteiger partial charge in [-0.1, -0.05) is 42.5 Å². The third-order valence-corrected chi connectivity index (χ3v) is 6.18. The summed E-state index contributed by atoms with van der Waals surface area (Å²) in [6.07, 6.45) is -3.36. The van der Waals surface area contributed by atoms with Crippen LogP contribution in [0.3, 0.4) is 0 Å². The lowest BCUT2D eigenvalue weighted by atomic mass is 10.0. The molecule has 0 fully saturated rings. The average molecular weight is 457 g/mol. The minimum absolute atomic E-state index is 0.365. The standard InChI is InChI=1S/C23H18F3N3O2S/c1-13(20(30)28-17-11-7-6-10-16(17)23(24,25)26)29-12-27-21-19(22(29)31)18(14(2)32-21)15-8-4-3-5-9-15/h3-13H,1-2H3,(H,28,30). The third-order valence-electron chi connectivity index (χ3n) is 5.16. The SMILES string of the molecule is Cc1sc2ncn(C(C)C(=O)Nc3ccccc3C(F)(F)F)c(=O)c2c1-c1ccccc1. The van der Waals surface area contributed by atoms with Gasteiger partial charge in [0.1, 0.15) is 10.9 Å². The predicted molar refractivity (Wildman–Crippen MR) is 119 cm³/mol. The van der Waals surface area contributed by atoms with Gasteiger partial charge in [0.2, 0.25) is 5.91 Å². The van der Waals surface area contributed by atoms with E-state index < -0.39 is 29.2 Å². The average Bonchev–Trinajstić information content (AvgIpc) is 3.10. The van der Waals surface area contributed by atoms with Crippen molar-refractivity contribution in [2.24, 2.45) is 0 Å². The lowest BCUT2D eigenvalue weighted by Gasteiger charge is -2.18.